The SMILES string of the molecule is O=C(CCOc1ccccc1)NCc1[nH]nc2ncccc12. The van der Waals surface area contributed by atoms with Gasteiger partial charge in [0.25, 0.3) is 0 Å². The molecule has 0 fully saturated rings. The number of amides is 1. The van der Waals surface area contributed by atoms with E-state index < -0.39 is 0 Å². The molecule has 0 aliphatic heterocycles. The Bertz CT molecular complexity index is 755. The van der Waals surface area contributed by atoms with Crippen LogP contribution in [0.5, 0.6) is 5.75 Å². The highest BCUT2D eigenvalue weighted by Crippen LogP contribution is 2.12. The standard InChI is InChI=1S/C16H16N4O2/c21-15(8-10-22-12-5-2-1-3-6-12)18-11-14-13-7-4-9-17-16(13)20-19-14/h1-7,9H,8,10-11H2,(H,18,21)(H,17,19,20). The van der Waals surface area contributed by atoms with Crippen LogP contribution in [0.1, 0.15) is 12.1 Å². The first kappa shape index (κ1) is 14.1. The number of aromatic amines is 1. The summed E-state index contributed by atoms with van der Waals surface area (Å²) in [6.45, 7) is 0.744. The van der Waals surface area contributed by atoms with Gasteiger partial charge >= 0.3 is 0 Å². The summed E-state index contributed by atoms with van der Waals surface area (Å²) in [5, 5.41) is 10.7. The van der Waals surface area contributed by atoms with Gasteiger partial charge in [0.2, 0.25) is 5.91 Å². The molecule has 6 nitrogen and oxygen atoms in total. The molecule has 0 aliphatic carbocycles. The number of hydrogen-bond donors (Lipinski definition) is 2. The summed E-state index contributed by atoms with van der Waals surface area (Å²) in [5.41, 5.74) is 1.50. The van der Waals surface area contributed by atoms with Crippen molar-refractivity contribution in [3.05, 3.63) is 54.4 Å². The van der Waals surface area contributed by atoms with Crippen molar-refractivity contribution in [1.82, 2.24) is 20.5 Å². The second-order valence-corrected chi connectivity index (χ2v) is 4.76. The van der Waals surface area contributed by atoms with Crippen LogP contribution in [0.15, 0.2) is 48.7 Å². The molecule has 0 spiro atoms. The fourth-order valence-electron chi connectivity index (χ4n) is 2.09. The van der Waals surface area contributed by atoms with Gasteiger partial charge in [-0.25, -0.2) is 4.98 Å². The molecule has 0 unspecified atom stereocenters. The molecule has 0 bridgehead atoms. The van der Waals surface area contributed by atoms with Crippen molar-refractivity contribution >= 4 is 16.9 Å². The van der Waals surface area contributed by atoms with Crippen LogP contribution in [-0.2, 0) is 11.3 Å². The van der Waals surface area contributed by atoms with Gasteiger partial charge in [0.05, 0.1) is 25.3 Å². The topological polar surface area (TPSA) is 79.9 Å². The zero-order chi connectivity index (χ0) is 15.2. The number of nitrogens with one attached hydrogen (secondary N) is 2. The molecule has 1 aromatic carbocycles. The summed E-state index contributed by atoms with van der Waals surface area (Å²) in [6.07, 6.45) is 1.99. The number of ether oxygens (including phenoxy) is 1. The van der Waals surface area contributed by atoms with Gasteiger partial charge in [-0.15, -0.1) is 0 Å². The number of carbonyl (C=O) groups excluding carboxylic acids is 1. The van der Waals surface area contributed by atoms with Crippen molar-refractivity contribution < 1.29 is 9.53 Å². The lowest BCUT2D eigenvalue weighted by Crippen LogP contribution is -2.24. The van der Waals surface area contributed by atoms with E-state index in [-0.39, 0.29) is 5.91 Å². The number of H-pyrrole nitrogens is 1. The molecule has 0 saturated heterocycles. The average molecular weight is 296 g/mol. The third-order valence-corrected chi connectivity index (χ3v) is 3.21. The third-order valence-electron chi connectivity index (χ3n) is 3.21. The second-order valence-electron chi connectivity index (χ2n) is 4.76. The van der Waals surface area contributed by atoms with Crippen LogP contribution in [-0.4, -0.2) is 27.7 Å². The van der Waals surface area contributed by atoms with Crippen LogP contribution < -0.4 is 10.1 Å². The minimum Gasteiger partial charge on any atom is -0.493 e. The Kier molecular flexibility index (Phi) is 4.29. The van der Waals surface area contributed by atoms with Gasteiger partial charge in [-0.05, 0) is 24.3 Å². The Balaban J connectivity index is 1.46. The van der Waals surface area contributed by atoms with Gasteiger partial charge in [0, 0.05) is 11.6 Å². The van der Waals surface area contributed by atoms with Crippen molar-refractivity contribution in [3.8, 4) is 5.75 Å². The monoisotopic (exact) mass is 296 g/mol. The van der Waals surface area contributed by atoms with Crippen molar-refractivity contribution in [2.24, 2.45) is 0 Å². The second kappa shape index (κ2) is 6.71. The minimum atomic E-state index is -0.0671. The van der Waals surface area contributed by atoms with E-state index in [9.17, 15) is 4.79 Å². The molecule has 6 heteroatoms. The Morgan fingerprint density at radius 1 is 1.18 bits per heavy atom. The summed E-state index contributed by atoms with van der Waals surface area (Å²) >= 11 is 0. The van der Waals surface area contributed by atoms with Crippen molar-refractivity contribution in [3.63, 3.8) is 0 Å². The number of fused-ring (bicyclic) bond motifs is 1. The van der Waals surface area contributed by atoms with E-state index in [1.165, 1.54) is 0 Å². The van der Waals surface area contributed by atoms with Gasteiger partial charge in [0.1, 0.15) is 5.75 Å². The Morgan fingerprint density at radius 3 is 2.91 bits per heavy atom. The van der Waals surface area contributed by atoms with E-state index in [1.807, 2.05) is 42.5 Å². The van der Waals surface area contributed by atoms with Crippen LogP contribution in [0, 0.1) is 0 Å². The molecule has 0 saturated carbocycles. The fraction of sp³-hybridized carbons (Fsp3) is 0.188. The predicted octanol–water partition coefficient (Wildman–Crippen LogP) is 2.04. The van der Waals surface area contributed by atoms with Gasteiger partial charge in [-0.2, -0.15) is 5.10 Å². The highest BCUT2D eigenvalue weighted by molar-refractivity contribution is 5.79. The largest absolute Gasteiger partial charge is 0.493 e. The van der Waals surface area contributed by atoms with Gasteiger partial charge in [0.15, 0.2) is 5.65 Å². The Labute approximate surface area is 127 Å². The zero-order valence-electron chi connectivity index (χ0n) is 12.0. The predicted molar refractivity (Wildman–Crippen MR) is 82.3 cm³/mol. The molecule has 22 heavy (non-hydrogen) atoms. The molecule has 2 N–H and O–H groups in total. The average Bonchev–Trinajstić information content (AvgIpc) is 2.97. The van der Waals surface area contributed by atoms with Gasteiger partial charge < -0.3 is 10.1 Å². The molecule has 112 valence electrons. The van der Waals surface area contributed by atoms with Crippen LogP contribution in [0.4, 0.5) is 0 Å². The number of rotatable bonds is 6. The number of benzene rings is 1. The Hall–Kier alpha value is -2.89. The number of aromatic nitrogens is 3. The van der Waals surface area contributed by atoms with E-state index in [0.717, 1.165) is 16.8 Å². The molecule has 3 rings (SSSR count). The maximum atomic E-state index is 11.8. The highest BCUT2D eigenvalue weighted by atomic mass is 16.5. The molecule has 0 atom stereocenters. The first-order valence-corrected chi connectivity index (χ1v) is 7.05. The maximum absolute atomic E-state index is 11.8. The number of hydrogen-bond acceptors (Lipinski definition) is 4. The third kappa shape index (κ3) is 3.41. The van der Waals surface area contributed by atoms with E-state index >= 15 is 0 Å². The molecule has 0 aliphatic rings. The lowest BCUT2D eigenvalue weighted by atomic mass is 10.2. The Morgan fingerprint density at radius 2 is 2.05 bits per heavy atom. The summed E-state index contributed by atoms with van der Waals surface area (Å²) in [7, 11) is 0. The molecule has 0 radical (unpaired) electrons. The summed E-state index contributed by atoms with van der Waals surface area (Å²) < 4.78 is 5.49. The van der Waals surface area contributed by atoms with Crippen LogP contribution >= 0.6 is 0 Å². The van der Waals surface area contributed by atoms with Crippen LogP contribution in [0.2, 0.25) is 0 Å². The molecule has 1 amide bonds. The van der Waals surface area contributed by atoms with Crippen molar-refractivity contribution in [2.45, 2.75) is 13.0 Å². The molecular formula is C16H16N4O2. The van der Waals surface area contributed by atoms with E-state index in [0.29, 0.717) is 25.2 Å². The minimum absolute atomic E-state index is 0.0671. The fourth-order valence-corrected chi connectivity index (χ4v) is 2.09. The van der Waals surface area contributed by atoms with Crippen LogP contribution in [0.3, 0.4) is 0 Å². The highest BCUT2D eigenvalue weighted by Gasteiger charge is 2.07. The number of carbonyl (C=O) groups is 1. The number of para-hydroxylation sites is 1. The smallest absolute Gasteiger partial charge is 0.223 e. The first-order valence-electron chi connectivity index (χ1n) is 7.05. The molecule has 2 aromatic heterocycles. The number of nitrogens with zero attached hydrogens (tertiary/aromatic N) is 2. The normalized spacial score (nSPS) is 10.5. The van der Waals surface area contributed by atoms with Gasteiger partial charge in [-0.1, -0.05) is 18.2 Å². The summed E-state index contributed by atoms with van der Waals surface area (Å²) in [4.78, 5) is 16.0. The summed E-state index contributed by atoms with van der Waals surface area (Å²) in [6, 6.07) is 13.2. The van der Waals surface area contributed by atoms with Crippen molar-refractivity contribution in [2.75, 3.05) is 6.61 Å². The first-order chi connectivity index (χ1) is 10.8. The zero-order valence-corrected chi connectivity index (χ0v) is 12.0. The maximum Gasteiger partial charge on any atom is 0.223 e. The lowest BCUT2D eigenvalue weighted by Gasteiger charge is -2.06. The van der Waals surface area contributed by atoms with Crippen LogP contribution in [0.25, 0.3) is 11.0 Å². The number of pyridine rings is 1. The van der Waals surface area contributed by atoms with Crippen molar-refractivity contribution in [1.29, 1.82) is 0 Å². The van der Waals surface area contributed by atoms with E-state index in [2.05, 4.69) is 20.5 Å². The summed E-state index contributed by atoms with van der Waals surface area (Å²) in [5.74, 6) is 0.698. The van der Waals surface area contributed by atoms with E-state index in [4.69, 9.17) is 4.74 Å². The molecular weight excluding hydrogens is 280 g/mol. The quantitative estimate of drug-likeness (QED) is 0.729. The molecule has 2 heterocycles. The lowest BCUT2D eigenvalue weighted by molar-refractivity contribution is -0.121. The van der Waals surface area contributed by atoms with E-state index in [1.54, 1.807) is 6.20 Å². The molecule has 3 aromatic rings. The van der Waals surface area contributed by atoms with Gasteiger partial charge in [-0.3, -0.25) is 9.89 Å².